The van der Waals surface area contributed by atoms with E-state index >= 15 is 0 Å². The molecule has 78 valence electrons. The van der Waals surface area contributed by atoms with E-state index in [-0.39, 0.29) is 0 Å². The molecule has 0 fully saturated rings. The molecule has 0 aliphatic rings. The van der Waals surface area contributed by atoms with Crippen molar-refractivity contribution in [3.8, 4) is 5.75 Å². The van der Waals surface area contributed by atoms with Gasteiger partial charge < -0.3 is 10.1 Å². The first-order chi connectivity index (χ1) is 7.38. The van der Waals surface area contributed by atoms with Gasteiger partial charge in [0.15, 0.2) is 0 Å². The van der Waals surface area contributed by atoms with E-state index in [1.165, 1.54) is 11.3 Å². The van der Waals surface area contributed by atoms with Crippen molar-refractivity contribution in [3.05, 3.63) is 46.7 Å². The Kier molecular flexibility index (Phi) is 3.25. The molecule has 2 rings (SSSR count). The van der Waals surface area contributed by atoms with E-state index < -0.39 is 0 Å². The van der Waals surface area contributed by atoms with Gasteiger partial charge in [0.1, 0.15) is 5.75 Å². The summed E-state index contributed by atoms with van der Waals surface area (Å²) >= 11 is 1.70. The van der Waals surface area contributed by atoms with Crippen molar-refractivity contribution in [2.45, 2.75) is 6.54 Å². The van der Waals surface area contributed by atoms with Crippen molar-refractivity contribution >= 4 is 17.0 Å². The van der Waals surface area contributed by atoms with Gasteiger partial charge in [-0.05, 0) is 29.1 Å². The normalized spacial score (nSPS) is 9.93. The lowest BCUT2D eigenvalue weighted by Crippen LogP contribution is -1.97. The second kappa shape index (κ2) is 4.84. The fraction of sp³-hybridized carbons (Fsp3) is 0.167. The highest BCUT2D eigenvalue weighted by atomic mass is 32.1. The lowest BCUT2D eigenvalue weighted by molar-refractivity contribution is 0.414. The van der Waals surface area contributed by atoms with E-state index in [0.29, 0.717) is 0 Å². The number of methoxy groups -OCH3 is 1. The van der Waals surface area contributed by atoms with Gasteiger partial charge in [-0.1, -0.05) is 12.1 Å². The molecule has 0 bridgehead atoms. The summed E-state index contributed by atoms with van der Waals surface area (Å²) < 4.78 is 5.10. The Bertz CT molecular complexity index is 394. The Hall–Kier alpha value is -1.48. The summed E-state index contributed by atoms with van der Waals surface area (Å²) in [7, 11) is 1.68. The summed E-state index contributed by atoms with van der Waals surface area (Å²) in [4.78, 5) is 0. The first-order valence-corrected chi connectivity index (χ1v) is 5.72. The van der Waals surface area contributed by atoms with Gasteiger partial charge in [-0.15, -0.1) is 0 Å². The molecular weight excluding hydrogens is 206 g/mol. The van der Waals surface area contributed by atoms with E-state index in [4.69, 9.17) is 4.74 Å². The summed E-state index contributed by atoms with van der Waals surface area (Å²) in [6, 6.07) is 10.2. The summed E-state index contributed by atoms with van der Waals surface area (Å²) in [6.45, 7) is 0.848. The topological polar surface area (TPSA) is 21.3 Å². The molecule has 2 aromatic rings. The number of hydrogen-bond acceptors (Lipinski definition) is 3. The number of rotatable bonds is 4. The van der Waals surface area contributed by atoms with Crippen LogP contribution in [0.5, 0.6) is 5.75 Å². The zero-order valence-corrected chi connectivity index (χ0v) is 9.38. The molecule has 0 atom stereocenters. The van der Waals surface area contributed by atoms with Crippen LogP contribution in [0.15, 0.2) is 41.1 Å². The summed E-state index contributed by atoms with van der Waals surface area (Å²) in [6.07, 6.45) is 0. The minimum absolute atomic E-state index is 0.848. The molecule has 1 heterocycles. The molecule has 1 aromatic carbocycles. The van der Waals surface area contributed by atoms with Gasteiger partial charge in [-0.25, -0.2) is 0 Å². The molecule has 2 nitrogen and oxygen atoms in total. The quantitative estimate of drug-likeness (QED) is 0.851. The minimum atomic E-state index is 0.848. The zero-order chi connectivity index (χ0) is 10.5. The van der Waals surface area contributed by atoms with Crippen molar-refractivity contribution in [1.29, 1.82) is 0 Å². The van der Waals surface area contributed by atoms with Crippen molar-refractivity contribution in [1.82, 2.24) is 0 Å². The van der Waals surface area contributed by atoms with Crippen LogP contribution in [-0.4, -0.2) is 7.11 Å². The molecule has 0 aliphatic heterocycles. The second-order valence-corrected chi connectivity index (χ2v) is 3.99. The molecule has 0 saturated heterocycles. The molecule has 0 aliphatic carbocycles. The maximum atomic E-state index is 5.10. The van der Waals surface area contributed by atoms with E-state index in [0.717, 1.165) is 12.3 Å². The van der Waals surface area contributed by atoms with Gasteiger partial charge in [0.2, 0.25) is 0 Å². The third kappa shape index (κ3) is 2.73. The third-order valence-corrected chi connectivity index (χ3v) is 2.86. The first-order valence-electron chi connectivity index (χ1n) is 4.77. The predicted octanol–water partition coefficient (Wildman–Crippen LogP) is 3.37. The second-order valence-electron chi connectivity index (χ2n) is 3.21. The molecule has 15 heavy (non-hydrogen) atoms. The Morgan fingerprint density at radius 3 is 2.60 bits per heavy atom. The van der Waals surface area contributed by atoms with Crippen LogP contribution in [0.1, 0.15) is 5.56 Å². The van der Waals surface area contributed by atoms with Gasteiger partial charge in [0, 0.05) is 17.6 Å². The largest absolute Gasteiger partial charge is 0.497 e. The molecule has 1 N–H and O–H groups in total. The van der Waals surface area contributed by atoms with Crippen LogP contribution in [0, 0.1) is 0 Å². The summed E-state index contributed by atoms with van der Waals surface area (Å²) in [5, 5.41) is 7.51. The average molecular weight is 219 g/mol. The van der Waals surface area contributed by atoms with Gasteiger partial charge >= 0.3 is 0 Å². The smallest absolute Gasteiger partial charge is 0.118 e. The Morgan fingerprint density at radius 1 is 1.20 bits per heavy atom. The highest BCUT2D eigenvalue weighted by Crippen LogP contribution is 2.15. The maximum Gasteiger partial charge on any atom is 0.118 e. The lowest BCUT2D eigenvalue weighted by Gasteiger charge is -2.05. The minimum Gasteiger partial charge on any atom is -0.497 e. The highest BCUT2D eigenvalue weighted by molar-refractivity contribution is 7.08. The number of nitrogens with one attached hydrogen (secondary N) is 1. The number of thiophene rings is 1. The van der Waals surface area contributed by atoms with Crippen molar-refractivity contribution in [2.24, 2.45) is 0 Å². The van der Waals surface area contributed by atoms with E-state index in [1.54, 1.807) is 18.4 Å². The predicted molar refractivity (Wildman–Crippen MR) is 64.6 cm³/mol. The fourth-order valence-corrected chi connectivity index (χ4v) is 1.92. The van der Waals surface area contributed by atoms with Crippen LogP contribution in [0.25, 0.3) is 0 Å². The number of benzene rings is 1. The van der Waals surface area contributed by atoms with Crippen LogP contribution in [0.4, 0.5) is 5.69 Å². The molecule has 0 spiro atoms. The van der Waals surface area contributed by atoms with Crippen molar-refractivity contribution < 1.29 is 4.74 Å². The number of hydrogen-bond donors (Lipinski definition) is 1. The molecule has 0 saturated carbocycles. The first kappa shape index (κ1) is 10.1. The van der Waals surface area contributed by atoms with Crippen LogP contribution in [0.2, 0.25) is 0 Å². The Balaban J connectivity index is 1.93. The van der Waals surface area contributed by atoms with Crippen LogP contribution < -0.4 is 10.1 Å². The van der Waals surface area contributed by atoms with Gasteiger partial charge in [0.05, 0.1) is 7.11 Å². The summed E-state index contributed by atoms with van der Waals surface area (Å²) in [5.41, 5.74) is 2.43. The molecule has 0 amide bonds. The fourth-order valence-electron chi connectivity index (χ4n) is 1.31. The van der Waals surface area contributed by atoms with E-state index in [2.05, 4.69) is 34.3 Å². The number of ether oxygens (including phenoxy) is 1. The van der Waals surface area contributed by atoms with Gasteiger partial charge in [-0.3, -0.25) is 0 Å². The van der Waals surface area contributed by atoms with E-state index in [9.17, 15) is 0 Å². The molecule has 1 aromatic heterocycles. The average Bonchev–Trinajstić information content (AvgIpc) is 2.80. The lowest BCUT2D eigenvalue weighted by atomic mass is 10.2. The number of anilines is 1. The molecule has 0 radical (unpaired) electrons. The SMILES string of the molecule is COc1ccc(CNc2ccsc2)cc1. The van der Waals surface area contributed by atoms with Crippen molar-refractivity contribution in [3.63, 3.8) is 0 Å². The zero-order valence-electron chi connectivity index (χ0n) is 8.57. The standard InChI is InChI=1S/C12H13NOS/c1-14-12-4-2-10(3-5-12)8-13-11-6-7-15-9-11/h2-7,9,13H,8H2,1H3. The maximum absolute atomic E-state index is 5.10. The summed E-state index contributed by atoms with van der Waals surface area (Å²) in [5.74, 6) is 0.897. The van der Waals surface area contributed by atoms with Crippen LogP contribution in [0.3, 0.4) is 0 Å². The monoisotopic (exact) mass is 219 g/mol. The van der Waals surface area contributed by atoms with E-state index in [1.807, 2.05) is 12.1 Å². The third-order valence-electron chi connectivity index (χ3n) is 2.18. The van der Waals surface area contributed by atoms with Gasteiger partial charge in [0.25, 0.3) is 0 Å². The van der Waals surface area contributed by atoms with Crippen LogP contribution in [-0.2, 0) is 6.54 Å². The Morgan fingerprint density at radius 2 is 2.00 bits per heavy atom. The Labute approximate surface area is 93.5 Å². The van der Waals surface area contributed by atoms with Crippen molar-refractivity contribution in [2.75, 3.05) is 12.4 Å². The van der Waals surface area contributed by atoms with Crippen LogP contribution >= 0.6 is 11.3 Å². The highest BCUT2D eigenvalue weighted by Gasteiger charge is 1.95. The molecule has 0 unspecified atom stereocenters. The van der Waals surface area contributed by atoms with Gasteiger partial charge in [-0.2, -0.15) is 11.3 Å². The molecular formula is C12H13NOS. The molecule has 3 heteroatoms.